The van der Waals surface area contributed by atoms with Crippen molar-refractivity contribution in [3.63, 3.8) is 0 Å². The van der Waals surface area contributed by atoms with E-state index in [4.69, 9.17) is 16.1 Å². The minimum Gasteiger partial charge on any atom is -0.336 e. The molecule has 31 heavy (non-hydrogen) atoms. The van der Waals surface area contributed by atoms with Gasteiger partial charge in [0.25, 0.3) is 5.71 Å². The number of hydrogen-bond donors (Lipinski definition) is 1. The van der Waals surface area contributed by atoms with Crippen molar-refractivity contribution < 1.29 is 4.52 Å². The van der Waals surface area contributed by atoms with Crippen LogP contribution in [-0.4, -0.2) is 24.9 Å². The van der Waals surface area contributed by atoms with Gasteiger partial charge < -0.3 is 9.84 Å². The van der Waals surface area contributed by atoms with Gasteiger partial charge in [-0.3, -0.25) is 4.57 Å². The molecule has 4 heterocycles. The van der Waals surface area contributed by atoms with E-state index < -0.39 is 0 Å². The monoisotopic (exact) mass is 456 g/mol. The molecule has 6 rings (SSSR count). The Hall–Kier alpha value is -2.48. The normalized spacial score (nSPS) is 22.9. The molecule has 0 saturated heterocycles. The minimum absolute atomic E-state index is 0. The lowest BCUT2D eigenvalue weighted by atomic mass is 9.76. The van der Waals surface area contributed by atoms with E-state index in [9.17, 15) is 0 Å². The van der Waals surface area contributed by atoms with Gasteiger partial charge in [-0.15, -0.1) is 34.2 Å². The molecule has 0 atom stereocenters. The fourth-order valence-electron chi connectivity index (χ4n) is 4.86. The Morgan fingerprint density at radius 3 is 2.90 bits per heavy atom. The Kier molecular flexibility index (Phi) is 5.20. The number of nitrogens with zero attached hydrogens (tertiary/aromatic N) is 5. The van der Waals surface area contributed by atoms with Gasteiger partial charge in [0.15, 0.2) is 5.82 Å². The van der Waals surface area contributed by atoms with E-state index in [-0.39, 0.29) is 17.3 Å². The summed E-state index contributed by atoms with van der Waals surface area (Å²) < 4.78 is 7.48. The van der Waals surface area contributed by atoms with E-state index in [1.165, 1.54) is 11.1 Å². The summed E-state index contributed by atoms with van der Waals surface area (Å²) in [5.41, 5.74) is 5.16. The summed E-state index contributed by atoms with van der Waals surface area (Å²) >= 11 is 7.20. The molecule has 0 spiro atoms. The van der Waals surface area contributed by atoms with Gasteiger partial charge in [-0.05, 0) is 55.0 Å². The molecular formula is C22H22Cl2N6O. The summed E-state index contributed by atoms with van der Waals surface area (Å²) in [6.07, 6.45) is 7.27. The van der Waals surface area contributed by atoms with Crippen LogP contribution in [-0.2, 0) is 18.0 Å². The molecule has 1 N–H and O–H groups in total. The molecule has 1 saturated carbocycles. The molecule has 1 aliphatic heterocycles. The molecular weight excluding hydrogens is 435 g/mol. The zero-order valence-electron chi connectivity index (χ0n) is 16.8. The van der Waals surface area contributed by atoms with Crippen LogP contribution in [0.25, 0.3) is 16.8 Å². The summed E-state index contributed by atoms with van der Waals surface area (Å²) in [4.78, 5) is 3.91. The van der Waals surface area contributed by atoms with Gasteiger partial charge >= 0.3 is 0 Å². The quantitative estimate of drug-likeness (QED) is 0.443. The molecule has 0 bridgehead atoms. The van der Waals surface area contributed by atoms with Crippen LogP contribution in [0.4, 0.5) is 0 Å². The highest BCUT2D eigenvalue weighted by atomic mass is 35.5. The Morgan fingerprint density at radius 2 is 2.03 bits per heavy atom. The maximum absolute atomic E-state index is 7.20. The van der Waals surface area contributed by atoms with Crippen molar-refractivity contribution in [1.29, 1.82) is 0 Å². The smallest absolute Gasteiger partial charge is 0.257 e. The zero-order valence-corrected chi connectivity index (χ0v) is 18.4. The first-order valence-corrected chi connectivity index (χ1v) is 10.7. The van der Waals surface area contributed by atoms with Gasteiger partial charge in [0.2, 0.25) is 0 Å². The van der Waals surface area contributed by atoms with Crippen molar-refractivity contribution >= 4 is 35.1 Å². The third-order valence-electron chi connectivity index (χ3n) is 6.52. The van der Waals surface area contributed by atoms with Crippen LogP contribution in [0, 0.1) is 0 Å². The number of aromatic nitrogens is 5. The molecule has 0 amide bonds. The van der Waals surface area contributed by atoms with Crippen molar-refractivity contribution in [2.75, 3.05) is 0 Å². The molecule has 3 aromatic heterocycles. The lowest BCUT2D eigenvalue weighted by Crippen LogP contribution is -2.26. The van der Waals surface area contributed by atoms with Crippen LogP contribution >= 0.6 is 24.0 Å². The predicted octanol–water partition coefficient (Wildman–Crippen LogP) is 4.62. The summed E-state index contributed by atoms with van der Waals surface area (Å²) in [6.45, 7) is 1.50. The average Bonchev–Trinajstić information content (AvgIpc) is 3.38. The summed E-state index contributed by atoms with van der Waals surface area (Å²) in [5.74, 6) is 1.28. The highest BCUT2D eigenvalue weighted by molar-refractivity contribution is 6.24. The predicted molar refractivity (Wildman–Crippen MR) is 120 cm³/mol. The molecule has 1 fully saturated rings. The standard InChI is InChI=1S/C22H21ClN6O.ClH/c23-22(7-5-14(6-8-22)20-17-2-1-9-25-21(17)30-28-20)16-3-4-18-15(10-16)11-24-12-19-27-26-13-29(18)19;/h1-4,9-10,13-14,24H,5-8,11-12H2;1H. The fourth-order valence-corrected chi connectivity index (χ4v) is 5.20. The Labute approximate surface area is 190 Å². The minimum atomic E-state index is -0.356. The topological polar surface area (TPSA) is 81.7 Å². The van der Waals surface area contributed by atoms with Crippen LogP contribution in [0.2, 0.25) is 0 Å². The van der Waals surface area contributed by atoms with Crippen molar-refractivity contribution in [3.05, 3.63) is 65.5 Å². The van der Waals surface area contributed by atoms with Crippen molar-refractivity contribution in [1.82, 2.24) is 30.2 Å². The zero-order chi connectivity index (χ0) is 20.1. The van der Waals surface area contributed by atoms with Gasteiger partial charge in [0.05, 0.1) is 28.2 Å². The molecule has 9 heteroatoms. The molecule has 0 radical (unpaired) electrons. The van der Waals surface area contributed by atoms with Crippen molar-refractivity contribution in [2.24, 2.45) is 0 Å². The summed E-state index contributed by atoms with van der Waals surface area (Å²) in [7, 11) is 0. The molecule has 4 aromatic rings. The van der Waals surface area contributed by atoms with E-state index in [0.29, 0.717) is 18.2 Å². The maximum atomic E-state index is 7.20. The number of benzene rings is 1. The first-order chi connectivity index (χ1) is 14.7. The van der Waals surface area contributed by atoms with E-state index in [1.54, 1.807) is 12.5 Å². The summed E-state index contributed by atoms with van der Waals surface area (Å²) in [5, 5.41) is 17.0. The van der Waals surface area contributed by atoms with Crippen LogP contribution < -0.4 is 5.32 Å². The number of nitrogens with one attached hydrogen (secondary N) is 1. The number of pyridine rings is 1. The van der Waals surface area contributed by atoms with Gasteiger partial charge in [-0.2, -0.15) is 0 Å². The van der Waals surface area contributed by atoms with Crippen LogP contribution in [0.15, 0.2) is 47.4 Å². The molecule has 1 aromatic carbocycles. The van der Waals surface area contributed by atoms with Crippen LogP contribution in [0.5, 0.6) is 0 Å². The van der Waals surface area contributed by atoms with E-state index in [0.717, 1.165) is 54.8 Å². The van der Waals surface area contributed by atoms with Gasteiger partial charge in [0, 0.05) is 18.7 Å². The number of fused-ring (bicyclic) bond motifs is 4. The second-order valence-corrected chi connectivity index (χ2v) is 8.95. The number of alkyl halides is 1. The number of rotatable bonds is 2. The average molecular weight is 457 g/mol. The Balaban J connectivity index is 0.00000204. The van der Waals surface area contributed by atoms with Gasteiger partial charge in [0.1, 0.15) is 6.33 Å². The molecule has 2 aliphatic rings. The molecule has 7 nitrogen and oxygen atoms in total. The number of halogens is 2. The largest absolute Gasteiger partial charge is 0.336 e. The highest BCUT2D eigenvalue weighted by Gasteiger charge is 2.37. The van der Waals surface area contributed by atoms with Crippen molar-refractivity contribution in [2.45, 2.75) is 49.6 Å². The SMILES string of the molecule is Cl.ClC1(c2ccc3c(c2)CNCc2nncn2-3)CCC(c2noc3ncccc23)CC1. The van der Waals surface area contributed by atoms with Gasteiger partial charge in [-0.25, -0.2) is 4.98 Å². The van der Waals surface area contributed by atoms with E-state index in [2.05, 4.69) is 48.4 Å². The Bertz CT molecular complexity index is 1230. The third kappa shape index (κ3) is 3.41. The lowest BCUT2D eigenvalue weighted by Gasteiger charge is -2.35. The highest BCUT2D eigenvalue weighted by Crippen LogP contribution is 2.48. The van der Waals surface area contributed by atoms with E-state index in [1.807, 2.05) is 12.1 Å². The van der Waals surface area contributed by atoms with Crippen molar-refractivity contribution in [3.8, 4) is 5.69 Å². The molecule has 160 valence electrons. The van der Waals surface area contributed by atoms with E-state index >= 15 is 0 Å². The first kappa shape index (κ1) is 20.4. The van der Waals surface area contributed by atoms with Gasteiger partial charge in [-0.1, -0.05) is 17.3 Å². The first-order valence-electron chi connectivity index (χ1n) is 10.3. The maximum Gasteiger partial charge on any atom is 0.257 e. The fraction of sp³-hybridized carbons (Fsp3) is 0.364. The molecule has 1 aliphatic carbocycles. The second-order valence-electron chi connectivity index (χ2n) is 8.23. The lowest BCUT2D eigenvalue weighted by molar-refractivity contribution is 0.342. The van der Waals surface area contributed by atoms with Crippen LogP contribution in [0.1, 0.15) is 54.2 Å². The third-order valence-corrected chi connectivity index (χ3v) is 7.11. The van der Waals surface area contributed by atoms with Crippen LogP contribution in [0.3, 0.4) is 0 Å². The number of hydrogen-bond acceptors (Lipinski definition) is 6. The summed E-state index contributed by atoms with van der Waals surface area (Å²) in [6, 6.07) is 10.5. The Morgan fingerprint density at radius 1 is 1.16 bits per heavy atom. The second kappa shape index (κ2) is 7.89. The molecule has 0 unspecified atom stereocenters.